The van der Waals surface area contributed by atoms with Crippen molar-refractivity contribution in [3.8, 4) is 11.1 Å². The van der Waals surface area contributed by atoms with Crippen molar-refractivity contribution < 1.29 is 9.59 Å². The Bertz CT molecular complexity index is 1090. The van der Waals surface area contributed by atoms with Gasteiger partial charge in [0, 0.05) is 45.3 Å². The molecule has 0 bridgehead atoms. The lowest BCUT2D eigenvalue weighted by molar-refractivity contribution is 0.0965. The van der Waals surface area contributed by atoms with Gasteiger partial charge in [-0.05, 0) is 42.2 Å². The lowest BCUT2D eigenvalue weighted by Crippen LogP contribution is -2.54. The molecular formula is C25H28N4O2. The van der Waals surface area contributed by atoms with Crippen molar-refractivity contribution in [2.24, 2.45) is 0 Å². The highest BCUT2D eigenvalue weighted by Gasteiger charge is 2.29. The van der Waals surface area contributed by atoms with Gasteiger partial charge in [0.25, 0.3) is 0 Å². The second-order valence-electron chi connectivity index (χ2n) is 8.28. The third-order valence-corrected chi connectivity index (χ3v) is 5.88. The zero-order valence-corrected chi connectivity index (χ0v) is 18.3. The molecular weight excluding hydrogens is 388 g/mol. The van der Waals surface area contributed by atoms with E-state index in [2.05, 4.69) is 66.3 Å². The number of Topliss-reactive ketones (excluding diaryl/α,β-unsaturated/α-hetero) is 1. The first-order valence-corrected chi connectivity index (χ1v) is 10.7. The van der Waals surface area contributed by atoms with Crippen LogP contribution in [0.4, 0.5) is 4.79 Å². The number of amides is 1. The zero-order chi connectivity index (χ0) is 22.0. The maximum Gasteiger partial charge on any atom is 0.344 e. The van der Waals surface area contributed by atoms with Crippen LogP contribution < -0.4 is 0 Å². The highest BCUT2D eigenvalue weighted by molar-refractivity contribution is 5.92. The number of nitrogens with zero attached hydrogens (tertiary/aromatic N) is 4. The second kappa shape index (κ2) is 8.86. The van der Waals surface area contributed by atoms with Gasteiger partial charge in [0.2, 0.25) is 0 Å². The summed E-state index contributed by atoms with van der Waals surface area (Å²) in [4.78, 5) is 28.5. The molecule has 4 rings (SSSR count). The normalized spacial score (nSPS) is 17.0. The number of carbonyl (C=O) groups is 2. The van der Waals surface area contributed by atoms with E-state index >= 15 is 0 Å². The van der Waals surface area contributed by atoms with Crippen LogP contribution in [0.1, 0.15) is 35.5 Å². The molecule has 1 aliphatic rings. The number of hydrogen-bond acceptors (Lipinski definition) is 4. The average Bonchev–Trinajstić information content (AvgIpc) is 3.25. The molecule has 1 amide bonds. The largest absolute Gasteiger partial charge is 0.344 e. The van der Waals surface area contributed by atoms with Gasteiger partial charge in [0.15, 0.2) is 5.78 Å². The fourth-order valence-corrected chi connectivity index (χ4v) is 4.23. The Morgan fingerprint density at radius 3 is 2.48 bits per heavy atom. The van der Waals surface area contributed by atoms with Gasteiger partial charge in [-0.25, -0.2) is 4.79 Å². The molecule has 31 heavy (non-hydrogen) atoms. The Labute approximate surface area is 183 Å². The standard InChI is InChI=1S/C25H28N4O2/c1-18-15-21(9-10-23(18)22-7-5-4-6-8-22)17-27-13-14-28(19(2)16-27)25(31)29-12-11-24(26-29)20(3)30/h4-12,15,19H,13-14,16-17H2,1-3H3/t19-/m0/s1. The second-order valence-corrected chi connectivity index (χ2v) is 8.28. The molecule has 1 saturated heterocycles. The molecule has 0 unspecified atom stereocenters. The van der Waals surface area contributed by atoms with Crippen LogP contribution in [-0.4, -0.2) is 57.1 Å². The van der Waals surface area contributed by atoms with Crippen molar-refractivity contribution in [3.05, 3.63) is 77.6 Å². The summed E-state index contributed by atoms with van der Waals surface area (Å²) < 4.78 is 1.27. The van der Waals surface area contributed by atoms with Gasteiger partial charge in [-0.3, -0.25) is 9.69 Å². The third kappa shape index (κ3) is 4.59. The Hall–Kier alpha value is -3.25. The number of piperazine rings is 1. The molecule has 2 aromatic carbocycles. The molecule has 1 fully saturated rings. The maximum absolute atomic E-state index is 12.8. The van der Waals surface area contributed by atoms with Gasteiger partial charge in [-0.15, -0.1) is 0 Å². The summed E-state index contributed by atoms with van der Waals surface area (Å²) in [6, 6.07) is 18.6. The Morgan fingerprint density at radius 2 is 1.84 bits per heavy atom. The van der Waals surface area contributed by atoms with Crippen molar-refractivity contribution in [3.63, 3.8) is 0 Å². The van der Waals surface area contributed by atoms with Gasteiger partial charge in [0.1, 0.15) is 5.69 Å². The van der Waals surface area contributed by atoms with Crippen LogP contribution in [0.15, 0.2) is 60.8 Å². The lowest BCUT2D eigenvalue weighted by Gasteiger charge is -2.39. The van der Waals surface area contributed by atoms with E-state index in [-0.39, 0.29) is 17.9 Å². The van der Waals surface area contributed by atoms with Gasteiger partial charge in [-0.1, -0.05) is 48.5 Å². The molecule has 160 valence electrons. The number of aromatic nitrogens is 2. The number of carbonyl (C=O) groups excluding carboxylic acids is 2. The van der Waals surface area contributed by atoms with Crippen molar-refractivity contribution in [2.75, 3.05) is 19.6 Å². The molecule has 1 aromatic heterocycles. The minimum atomic E-state index is -0.178. The lowest BCUT2D eigenvalue weighted by atomic mass is 9.98. The quantitative estimate of drug-likeness (QED) is 0.597. The first kappa shape index (κ1) is 21.0. The minimum absolute atomic E-state index is 0.0657. The molecule has 6 nitrogen and oxygen atoms in total. The first-order valence-electron chi connectivity index (χ1n) is 10.7. The topological polar surface area (TPSA) is 58.4 Å². The van der Waals surface area contributed by atoms with Crippen molar-refractivity contribution in [1.82, 2.24) is 19.6 Å². The van der Waals surface area contributed by atoms with E-state index in [0.717, 1.165) is 19.6 Å². The van der Waals surface area contributed by atoms with E-state index < -0.39 is 0 Å². The SMILES string of the molecule is CC(=O)c1ccn(C(=O)N2CCN(Cc3ccc(-c4ccccc4)c(C)c3)C[C@@H]2C)n1. The summed E-state index contributed by atoms with van der Waals surface area (Å²) in [5.41, 5.74) is 5.36. The predicted molar refractivity (Wildman–Crippen MR) is 121 cm³/mol. The van der Waals surface area contributed by atoms with Crippen molar-refractivity contribution >= 4 is 11.8 Å². The molecule has 0 aliphatic carbocycles. The molecule has 1 aliphatic heterocycles. The number of rotatable bonds is 4. The van der Waals surface area contributed by atoms with Gasteiger partial charge in [0.05, 0.1) is 0 Å². The molecule has 0 spiro atoms. The van der Waals surface area contributed by atoms with Gasteiger partial charge >= 0.3 is 6.03 Å². The number of aryl methyl sites for hydroxylation is 1. The van der Waals surface area contributed by atoms with Crippen LogP contribution in [-0.2, 0) is 6.54 Å². The molecule has 3 aromatic rings. The van der Waals surface area contributed by atoms with Crippen LogP contribution in [0.3, 0.4) is 0 Å². The van der Waals surface area contributed by atoms with Crippen LogP contribution in [0.25, 0.3) is 11.1 Å². The summed E-state index contributed by atoms with van der Waals surface area (Å²) >= 11 is 0. The van der Waals surface area contributed by atoms with Gasteiger partial charge < -0.3 is 4.90 Å². The fourth-order valence-electron chi connectivity index (χ4n) is 4.23. The number of ketones is 1. The highest BCUT2D eigenvalue weighted by Crippen LogP contribution is 2.25. The first-order chi connectivity index (χ1) is 14.9. The third-order valence-electron chi connectivity index (χ3n) is 5.88. The van der Waals surface area contributed by atoms with Crippen LogP contribution in [0.2, 0.25) is 0 Å². The van der Waals surface area contributed by atoms with E-state index in [0.29, 0.717) is 12.2 Å². The Balaban J connectivity index is 1.39. The zero-order valence-electron chi connectivity index (χ0n) is 18.3. The smallest absolute Gasteiger partial charge is 0.318 e. The van der Waals surface area contributed by atoms with E-state index in [9.17, 15) is 9.59 Å². The van der Waals surface area contributed by atoms with E-state index in [1.807, 2.05) is 11.0 Å². The van der Waals surface area contributed by atoms with Crippen LogP contribution >= 0.6 is 0 Å². The van der Waals surface area contributed by atoms with Crippen LogP contribution in [0.5, 0.6) is 0 Å². The minimum Gasteiger partial charge on any atom is -0.318 e. The highest BCUT2D eigenvalue weighted by atomic mass is 16.2. The monoisotopic (exact) mass is 416 g/mol. The molecule has 1 atom stereocenters. The Kier molecular flexibility index (Phi) is 6.00. The summed E-state index contributed by atoms with van der Waals surface area (Å²) in [5.74, 6) is -0.141. The van der Waals surface area contributed by atoms with Crippen molar-refractivity contribution in [1.29, 1.82) is 0 Å². The van der Waals surface area contributed by atoms with Crippen molar-refractivity contribution in [2.45, 2.75) is 33.4 Å². The molecule has 2 heterocycles. The molecule has 0 saturated carbocycles. The van der Waals surface area contributed by atoms with E-state index in [1.165, 1.54) is 33.9 Å². The predicted octanol–water partition coefficient (Wildman–Crippen LogP) is 4.24. The molecule has 0 radical (unpaired) electrons. The summed E-state index contributed by atoms with van der Waals surface area (Å²) in [7, 11) is 0. The van der Waals surface area contributed by atoms with Crippen LogP contribution in [0, 0.1) is 6.92 Å². The van der Waals surface area contributed by atoms with E-state index in [1.54, 1.807) is 12.3 Å². The Morgan fingerprint density at radius 1 is 1.06 bits per heavy atom. The number of benzene rings is 2. The van der Waals surface area contributed by atoms with E-state index in [4.69, 9.17) is 0 Å². The summed E-state index contributed by atoms with van der Waals surface area (Å²) in [5, 5.41) is 4.11. The maximum atomic E-state index is 12.8. The summed E-state index contributed by atoms with van der Waals surface area (Å²) in [6.45, 7) is 8.76. The molecule has 0 N–H and O–H groups in total. The summed E-state index contributed by atoms with van der Waals surface area (Å²) in [6.07, 6.45) is 1.56. The number of hydrogen-bond donors (Lipinski definition) is 0. The average molecular weight is 417 g/mol. The fraction of sp³-hybridized carbons (Fsp3) is 0.320. The molecule has 6 heteroatoms. The van der Waals surface area contributed by atoms with Gasteiger partial charge in [-0.2, -0.15) is 9.78 Å².